The number of hydrogen-bond donors (Lipinski definition) is 1. The number of halogens is 1. The largest absolute Gasteiger partial charge is 0.511 e. The first kappa shape index (κ1) is 19.1. The number of ether oxygens (including phenoxy) is 1. The van der Waals surface area contributed by atoms with E-state index in [0.717, 1.165) is 36.8 Å². The van der Waals surface area contributed by atoms with Gasteiger partial charge in [-0.25, -0.2) is 9.97 Å². The second kappa shape index (κ2) is 7.40. The van der Waals surface area contributed by atoms with Crippen LogP contribution in [0.5, 0.6) is 11.6 Å². The van der Waals surface area contributed by atoms with Crippen LogP contribution in [0.3, 0.4) is 0 Å². The van der Waals surface area contributed by atoms with E-state index < -0.39 is 0 Å². The molecule has 2 atom stereocenters. The number of aliphatic hydroxyl groups is 1. The summed E-state index contributed by atoms with van der Waals surface area (Å²) in [6.45, 7) is 2.04. The van der Waals surface area contributed by atoms with Gasteiger partial charge in [0.15, 0.2) is 5.78 Å². The summed E-state index contributed by atoms with van der Waals surface area (Å²) in [6, 6.07) is 10.9. The van der Waals surface area contributed by atoms with Crippen molar-refractivity contribution in [2.24, 2.45) is 11.8 Å². The van der Waals surface area contributed by atoms with Crippen molar-refractivity contribution in [3.05, 3.63) is 64.5 Å². The maximum absolute atomic E-state index is 13.0. The normalized spacial score (nSPS) is 20.8. The van der Waals surface area contributed by atoms with Crippen molar-refractivity contribution in [1.82, 2.24) is 9.97 Å². The highest BCUT2D eigenvalue weighted by molar-refractivity contribution is 6.31. The third-order valence-electron chi connectivity index (χ3n) is 6.13. The first-order valence-electron chi connectivity index (χ1n) is 10.2. The topological polar surface area (TPSA) is 72.3 Å². The van der Waals surface area contributed by atoms with Gasteiger partial charge in [-0.15, -0.1) is 0 Å². The van der Waals surface area contributed by atoms with Crippen molar-refractivity contribution in [2.45, 2.75) is 32.6 Å². The lowest BCUT2D eigenvalue weighted by Gasteiger charge is -2.23. The molecule has 3 aromatic rings. The van der Waals surface area contributed by atoms with Gasteiger partial charge in [0.2, 0.25) is 5.88 Å². The van der Waals surface area contributed by atoms with Crippen LogP contribution in [0, 0.1) is 11.8 Å². The number of aromatic nitrogens is 2. The lowest BCUT2D eigenvalue weighted by atomic mass is 9.81. The quantitative estimate of drug-likeness (QED) is 0.568. The van der Waals surface area contributed by atoms with E-state index in [1.807, 2.05) is 25.1 Å². The van der Waals surface area contributed by atoms with Crippen LogP contribution in [-0.4, -0.2) is 20.9 Å². The number of fused-ring (bicyclic) bond motifs is 3. The van der Waals surface area contributed by atoms with Gasteiger partial charge in [-0.1, -0.05) is 24.6 Å². The van der Waals surface area contributed by atoms with Gasteiger partial charge in [-0.05, 0) is 67.1 Å². The molecule has 0 saturated heterocycles. The number of allylic oxidation sites excluding steroid dienone is 2. The van der Waals surface area contributed by atoms with Crippen LogP contribution in [0.4, 0.5) is 0 Å². The maximum atomic E-state index is 13.0. The standard InChI is InChI=1S/C24H21ClN2O3/c1-2-13-5-7-17(30-21-12-26-20-10-16(25)6-8-19(20)27-21)11-18(13)22-23(28)14-3-4-15(9-14)24(22)29/h5-8,10-12,14-15,28H,2-4,9H2,1H3. The second-order valence-corrected chi connectivity index (χ2v) is 8.38. The lowest BCUT2D eigenvalue weighted by Crippen LogP contribution is -2.21. The Balaban J connectivity index is 1.53. The average molecular weight is 421 g/mol. The number of Topliss-reactive ketones (excluding diaryl/α,β-unsaturated/α-hetero) is 1. The summed E-state index contributed by atoms with van der Waals surface area (Å²) in [7, 11) is 0. The van der Waals surface area contributed by atoms with Gasteiger partial charge in [-0.3, -0.25) is 4.79 Å². The molecule has 2 unspecified atom stereocenters. The molecule has 0 amide bonds. The number of aryl methyl sites for hydroxylation is 1. The lowest BCUT2D eigenvalue weighted by molar-refractivity contribution is -0.117. The molecule has 5 rings (SSSR count). The van der Waals surface area contributed by atoms with Crippen LogP contribution in [0.25, 0.3) is 16.6 Å². The van der Waals surface area contributed by atoms with Gasteiger partial charge < -0.3 is 9.84 Å². The predicted octanol–water partition coefficient (Wildman–Crippen LogP) is 5.91. The highest BCUT2D eigenvalue weighted by Crippen LogP contribution is 2.46. The third-order valence-corrected chi connectivity index (χ3v) is 6.36. The monoisotopic (exact) mass is 420 g/mol. The van der Waals surface area contributed by atoms with Crippen LogP contribution in [-0.2, 0) is 11.2 Å². The van der Waals surface area contributed by atoms with E-state index in [4.69, 9.17) is 16.3 Å². The summed E-state index contributed by atoms with van der Waals surface area (Å²) in [6.07, 6.45) is 4.80. The summed E-state index contributed by atoms with van der Waals surface area (Å²) in [5.74, 6) is 1.31. The minimum absolute atomic E-state index is 0.0216. The van der Waals surface area contributed by atoms with Gasteiger partial charge in [0.25, 0.3) is 0 Å². The van der Waals surface area contributed by atoms with E-state index in [0.29, 0.717) is 33.3 Å². The summed E-state index contributed by atoms with van der Waals surface area (Å²) >= 11 is 6.01. The molecule has 0 aliphatic heterocycles. The third kappa shape index (κ3) is 3.23. The van der Waals surface area contributed by atoms with Crippen LogP contribution in [0.1, 0.15) is 37.3 Å². The fourth-order valence-electron chi connectivity index (χ4n) is 4.57. The van der Waals surface area contributed by atoms with Crippen LogP contribution < -0.4 is 4.74 Å². The minimum Gasteiger partial charge on any atom is -0.511 e. The number of benzene rings is 2. The van der Waals surface area contributed by atoms with Crippen LogP contribution >= 0.6 is 11.6 Å². The molecule has 1 heterocycles. The fraction of sp³-hybridized carbons (Fsp3) is 0.292. The molecule has 2 aromatic carbocycles. The first-order valence-corrected chi connectivity index (χ1v) is 10.6. The molecule has 6 heteroatoms. The zero-order valence-corrected chi connectivity index (χ0v) is 17.3. The number of rotatable bonds is 4. The molecule has 2 bridgehead atoms. The smallest absolute Gasteiger partial charge is 0.238 e. The highest BCUT2D eigenvalue weighted by Gasteiger charge is 2.41. The summed E-state index contributed by atoms with van der Waals surface area (Å²) in [5, 5.41) is 11.4. The molecule has 5 nitrogen and oxygen atoms in total. The van der Waals surface area contributed by atoms with Gasteiger partial charge in [0, 0.05) is 16.9 Å². The van der Waals surface area contributed by atoms with E-state index in [9.17, 15) is 9.90 Å². The van der Waals surface area contributed by atoms with Crippen molar-refractivity contribution in [3.63, 3.8) is 0 Å². The first-order chi connectivity index (χ1) is 14.5. The fourth-order valence-corrected chi connectivity index (χ4v) is 4.74. The Kier molecular flexibility index (Phi) is 4.70. The van der Waals surface area contributed by atoms with E-state index in [2.05, 4.69) is 9.97 Å². The van der Waals surface area contributed by atoms with E-state index in [1.54, 1.807) is 24.4 Å². The highest BCUT2D eigenvalue weighted by atomic mass is 35.5. The van der Waals surface area contributed by atoms with Gasteiger partial charge in [0.05, 0.1) is 22.8 Å². The minimum atomic E-state index is 0.0216. The summed E-state index contributed by atoms with van der Waals surface area (Å²) in [4.78, 5) is 21.9. The molecular weight excluding hydrogens is 400 g/mol. The number of carbonyl (C=O) groups is 1. The Bertz CT molecular complexity index is 1200. The number of carbonyl (C=O) groups excluding carboxylic acids is 1. The Morgan fingerprint density at radius 1 is 1.13 bits per heavy atom. The summed E-state index contributed by atoms with van der Waals surface area (Å²) in [5.41, 5.74) is 3.61. The predicted molar refractivity (Wildman–Crippen MR) is 116 cm³/mol. The molecule has 2 aliphatic carbocycles. The molecule has 1 fully saturated rings. The van der Waals surface area contributed by atoms with Gasteiger partial charge >= 0.3 is 0 Å². The van der Waals surface area contributed by atoms with Crippen molar-refractivity contribution < 1.29 is 14.6 Å². The van der Waals surface area contributed by atoms with Crippen LogP contribution in [0.15, 0.2) is 48.4 Å². The summed E-state index contributed by atoms with van der Waals surface area (Å²) < 4.78 is 5.97. The molecule has 152 valence electrons. The van der Waals surface area contributed by atoms with Crippen molar-refractivity contribution >= 4 is 34.0 Å². The number of nitrogens with zero attached hydrogens (tertiary/aromatic N) is 2. The second-order valence-electron chi connectivity index (χ2n) is 7.95. The molecule has 30 heavy (non-hydrogen) atoms. The Morgan fingerprint density at radius 3 is 2.80 bits per heavy atom. The Morgan fingerprint density at radius 2 is 1.97 bits per heavy atom. The molecule has 2 aliphatic rings. The van der Waals surface area contributed by atoms with E-state index >= 15 is 0 Å². The average Bonchev–Trinajstić information content (AvgIpc) is 3.20. The zero-order chi connectivity index (χ0) is 20.8. The van der Waals surface area contributed by atoms with Crippen molar-refractivity contribution in [2.75, 3.05) is 0 Å². The zero-order valence-electron chi connectivity index (χ0n) is 16.6. The van der Waals surface area contributed by atoms with E-state index in [1.165, 1.54) is 0 Å². The molecule has 1 saturated carbocycles. The molecule has 1 N–H and O–H groups in total. The van der Waals surface area contributed by atoms with Gasteiger partial charge in [-0.2, -0.15) is 0 Å². The number of aliphatic hydroxyl groups excluding tert-OH is 1. The SMILES string of the molecule is CCc1ccc(Oc2cnc3cc(Cl)ccc3n2)cc1C1=C(O)C2CCC(C2)C1=O. The maximum Gasteiger partial charge on any atom is 0.238 e. The number of hydrogen-bond acceptors (Lipinski definition) is 5. The molecule has 1 aromatic heterocycles. The molecule has 0 radical (unpaired) electrons. The van der Waals surface area contributed by atoms with Gasteiger partial charge in [0.1, 0.15) is 11.5 Å². The molecule has 0 spiro atoms. The Hall–Kier alpha value is -2.92. The van der Waals surface area contributed by atoms with Crippen molar-refractivity contribution in [3.8, 4) is 11.6 Å². The Labute approximate surface area is 179 Å². The number of ketones is 1. The molecular formula is C24H21ClN2O3. The van der Waals surface area contributed by atoms with E-state index in [-0.39, 0.29) is 23.4 Å². The van der Waals surface area contributed by atoms with Crippen LogP contribution in [0.2, 0.25) is 5.02 Å². The van der Waals surface area contributed by atoms with Crippen molar-refractivity contribution in [1.29, 1.82) is 0 Å².